The van der Waals surface area contributed by atoms with Crippen molar-refractivity contribution in [1.82, 2.24) is 9.29 Å². The molecule has 9 nitrogen and oxygen atoms in total. The average molecular weight is 651 g/mol. The SMILES string of the molecule is CNc1nc(-c2ccc(S(=O)(=O)N(CC(C)C)C[C@H](O)[C@H](Cc3ccccc3)C(Oc3c(C)cccc3C)C(N)=O)cc2)cs1. The maximum atomic E-state index is 14.0. The number of thiazole rings is 1. The number of sulfonamides is 1. The number of hydrogen-bond donors (Lipinski definition) is 3. The first-order valence-electron chi connectivity index (χ1n) is 14.9. The van der Waals surface area contributed by atoms with Crippen LogP contribution in [0.25, 0.3) is 11.3 Å². The van der Waals surface area contributed by atoms with Gasteiger partial charge in [-0.1, -0.05) is 74.5 Å². The van der Waals surface area contributed by atoms with Gasteiger partial charge in [0, 0.05) is 37.0 Å². The summed E-state index contributed by atoms with van der Waals surface area (Å²) in [7, 11) is -2.23. The number of nitrogens with two attached hydrogens (primary N) is 1. The predicted octanol–water partition coefficient (Wildman–Crippen LogP) is 5.27. The Morgan fingerprint density at radius 3 is 2.20 bits per heavy atom. The molecule has 0 aliphatic rings. The van der Waals surface area contributed by atoms with Crippen molar-refractivity contribution in [1.29, 1.82) is 0 Å². The molecule has 0 aliphatic heterocycles. The fraction of sp³-hybridized carbons (Fsp3) is 0.353. The number of aliphatic hydroxyl groups excluding tert-OH is 1. The number of ether oxygens (including phenoxy) is 1. The van der Waals surface area contributed by atoms with Crippen molar-refractivity contribution in [3.8, 4) is 17.0 Å². The maximum Gasteiger partial charge on any atom is 0.258 e. The summed E-state index contributed by atoms with van der Waals surface area (Å²) in [6.07, 6.45) is -2.26. The zero-order chi connectivity index (χ0) is 32.7. The first-order valence-corrected chi connectivity index (χ1v) is 17.2. The molecule has 240 valence electrons. The van der Waals surface area contributed by atoms with Crippen molar-refractivity contribution in [2.75, 3.05) is 25.5 Å². The summed E-state index contributed by atoms with van der Waals surface area (Å²) in [6.45, 7) is 7.49. The normalized spacial score (nSPS) is 13.9. The molecule has 0 saturated heterocycles. The molecule has 0 saturated carbocycles. The van der Waals surface area contributed by atoms with Gasteiger partial charge in [-0.25, -0.2) is 13.4 Å². The number of nitrogens with one attached hydrogen (secondary N) is 1. The Labute approximate surface area is 270 Å². The molecule has 0 bridgehead atoms. The first kappa shape index (κ1) is 34.1. The summed E-state index contributed by atoms with van der Waals surface area (Å²) in [4.78, 5) is 17.6. The number of para-hydroxylation sites is 1. The van der Waals surface area contributed by atoms with Crippen LogP contribution in [0.5, 0.6) is 5.75 Å². The van der Waals surface area contributed by atoms with Gasteiger partial charge in [-0.2, -0.15) is 4.31 Å². The zero-order valence-electron chi connectivity index (χ0n) is 26.3. The Balaban J connectivity index is 1.67. The van der Waals surface area contributed by atoms with E-state index in [-0.39, 0.29) is 30.3 Å². The van der Waals surface area contributed by atoms with E-state index in [0.29, 0.717) is 5.75 Å². The standard InChI is InChI=1S/C34H42N4O5S2/c1-22(2)19-38(45(41,42)27-16-14-26(15-17-27)29-21-44-34(36-5)37-29)20-30(39)28(18-25-12-7-6-8-13-25)32(33(35)40)43-31-23(3)10-9-11-24(31)4/h6-17,21-22,28,30,32,39H,18-20H2,1-5H3,(H2,35,40)(H,36,37)/t28-,30-,32?/m0/s1. The summed E-state index contributed by atoms with van der Waals surface area (Å²) < 4.78 is 35.6. The van der Waals surface area contributed by atoms with Crippen molar-refractivity contribution < 1.29 is 23.1 Å². The van der Waals surface area contributed by atoms with E-state index in [1.54, 1.807) is 31.3 Å². The van der Waals surface area contributed by atoms with E-state index >= 15 is 0 Å². The van der Waals surface area contributed by atoms with E-state index in [1.165, 1.54) is 15.6 Å². The molecule has 0 aliphatic carbocycles. The lowest BCUT2D eigenvalue weighted by Crippen LogP contribution is -2.50. The molecular formula is C34H42N4O5S2. The molecule has 1 unspecified atom stereocenters. The van der Waals surface area contributed by atoms with Crippen molar-refractivity contribution in [3.63, 3.8) is 0 Å². The highest BCUT2D eigenvalue weighted by Crippen LogP contribution is 2.30. The summed E-state index contributed by atoms with van der Waals surface area (Å²) in [5.74, 6) is -1.11. The molecule has 4 rings (SSSR count). The summed E-state index contributed by atoms with van der Waals surface area (Å²) >= 11 is 1.46. The van der Waals surface area contributed by atoms with Crippen LogP contribution in [-0.2, 0) is 21.2 Å². The second kappa shape index (κ2) is 15.0. The van der Waals surface area contributed by atoms with Gasteiger partial charge in [-0.15, -0.1) is 11.3 Å². The van der Waals surface area contributed by atoms with Crippen LogP contribution in [0.1, 0.15) is 30.5 Å². The summed E-state index contributed by atoms with van der Waals surface area (Å²) in [5, 5.41) is 17.5. The number of aryl methyl sites for hydroxylation is 2. The third-order valence-electron chi connectivity index (χ3n) is 7.60. The number of primary amides is 1. The number of aliphatic hydroxyl groups is 1. The molecule has 11 heteroatoms. The van der Waals surface area contributed by atoms with Gasteiger partial charge >= 0.3 is 0 Å². The van der Waals surface area contributed by atoms with E-state index < -0.39 is 34.1 Å². The van der Waals surface area contributed by atoms with Gasteiger partial charge in [0.15, 0.2) is 11.2 Å². The Hall–Kier alpha value is -3.77. The number of hydrogen-bond acceptors (Lipinski definition) is 8. The molecule has 1 heterocycles. The number of amides is 1. The molecular weight excluding hydrogens is 609 g/mol. The number of carbonyl (C=O) groups is 1. The molecule has 1 amide bonds. The van der Waals surface area contributed by atoms with Gasteiger partial charge < -0.3 is 20.9 Å². The molecule has 0 spiro atoms. The second-order valence-corrected chi connectivity index (χ2v) is 14.4. The van der Waals surface area contributed by atoms with E-state index in [1.807, 2.05) is 81.6 Å². The predicted molar refractivity (Wildman–Crippen MR) is 180 cm³/mol. The third-order valence-corrected chi connectivity index (χ3v) is 10.3. The topological polar surface area (TPSA) is 135 Å². The minimum absolute atomic E-state index is 0.0356. The maximum absolute atomic E-state index is 14.0. The van der Waals surface area contributed by atoms with Crippen LogP contribution in [0.3, 0.4) is 0 Å². The monoisotopic (exact) mass is 650 g/mol. The minimum atomic E-state index is -4.03. The van der Waals surface area contributed by atoms with Crippen LogP contribution < -0.4 is 15.8 Å². The first-order chi connectivity index (χ1) is 21.4. The third kappa shape index (κ3) is 8.49. The van der Waals surface area contributed by atoms with Gasteiger partial charge in [0.05, 0.1) is 16.7 Å². The average Bonchev–Trinajstić information content (AvgIpc) is 3.49. The smallest absolute Gasteiger partial charge is 0.258 e. The Morgan fingerprint density at radius 2 is 1.64 bits per heavy atom. The number of nitrogens with zero attached hydrogens (tertiary/aromatic N) is 2. The van der Waals surface area contributed by atoms with Crippen molar-refractivity contribution >= 4 is 32.4 Å². The number of aromatic nitrogens is 1. The van der Waals surface area contributed by atoms with Gasteiger partial charge in [0.2, 0.25) is 10.0 Å². The van der Waals surface area contributed by atoms with Gasteiger partial charge in [0.1, 0.15) is 5.75 Å². The second-order valence-electron chi connectivity index (χ2n) is 11.6. The van der Waals surface area contributed by atoms with Gasteiger partial charge in [-0.05, 0) is 55.0 Å². The fourth-order valence-electron chi connectivity index (χ4n) is 5.29. The van der Waals surface area contributed by atoms with Gasteiger partial charge in [0.25, 0.3) is 5.91 Å². The Bertz CT molecular complexity index is 1650. The molecule has 0 fully saturated rings. The summed E-state index contributed by atoms with van der Waals surface area (Å²) in [5.41, 5.74) is 9.95. The van der Waals surface area contributed by atoms with E-state index in [0.717, 1.165) is 33.1 Å². The molecule has 1 aromatic heterocycles. The molecule has 4 N–H and O–H groups in total. The van der Waals surface area contributed by atoms with Crippen LogP contribution in [0.15, 0.2) is 83.1 Å². The summed E-state index contributed by atoms with van der Waals surface area (Å²) in [6, 6.07) is 21.6. The Morgan fingerprint density at radius 1 is 1.00 bits per heavy atom. The van der Waals surface area contributed by atoms with Crippen LogP contribution in [0.2, 0.25) is 0 Å². The van der Waals surface area contributed by atoms with E-state index in [4.69, 9.17) is 10.5 Å². The Kier molecular flexibility index (Phi) is 11.4. The van der Waals surface area contributed by atoms with Crippen LogP contribution in [-0.4, -0.2) is 61.1 Å². The lowest BCUT2D eigenvalue weighted by atomic mass is 9.88. The number of benzene rings is 3. The lowest BCUT2D eigenvalue weighted by Gasteiger charge is -2.34. The van der Waals surface area contributed by atoms with Crippen LogP contribution in [0.4, 0.5) is 5.13 Å². The minimum Gasteiger partial charge on any atom is -0.480 e. The molecule has 3 aromatic carbocycles. The van der Waals surface area contributed by atoms with Crippen molar-refractivity contribution in [3.05, 3.63) is 94.9 Å². The van der Waals surface area contributed by atoms with E-state index in [2.05, 4.69) is 10.3 Å². The highest BCUT2D eigenvalue weighted by Gasteiger charge is 2.38. The number of anilines is 1. The van der Waals surface area contributed by atoms with Crippen molar-refractivity contribution in [2.45, 2.75) is 51.2 Å². The zero-order valence-corrected chi connectivity index (χ0v) is 27.9. The number of rotatable bonds is 15. The molecule has 4 aromatic rings. The fourth-order valence-corrected chi connectivity index (χ4v) is 7.59. The molecule has 3 atom stereocenters. The molecule has 0 radical (unpaired) electrons. The van der Waals surface area contributed by atoms with Crippen molar-refractivity contribution in [2.24, 2.45) is 17.6 Å². The lowest BCUT2D eigenvalue weighted by molar-refractivity contribution is -0.129. The van der Waals surface area contributed by atoms with E-state index in [9.17, 15) is 18.3 Å². The quantitative estimate of drug-likeness (QED) is 0.160. The van der Waals surface area contributed by atoms with Gasteiger partial charge in [-0.3, -0.25) is 4.79 Å². The largest absolute Gasteiger partial charge is 0.480 e. The highest BCUT2D eigenvalue weighted by molar-refractivity contribution is 7.89. The van der Waals surface area contributed by atoms with Crippen LogP contribution >= 0.6 is 11.3 Å². The number of carbonyl (C=O) groups excluding carboxylic acids is 1. The molecule has 45 heavy (non-hydrogen) atoms. The van der Waals surface area contributed by atoms with Crippen LogP contribution in [0, 0.1) is 25.7 Å². The highest BCUT2D eigenvalue weighted by atomic mass is 32.2.